The molecule has 15 heavy (non-hydrogen) atoms. The van der Waals surface area contributed by atoms with Gasteiger partial charge in [-0.25, -0.2) is 4.39 Å². The van der Waals surface area contributed by atoms with Crippen LogP contribution in [0.2, 0.25) is 0 Å². The second-order valence-corrected chi connectivity index (χ2v) is 2.88. The van der Waals surface area contributed by atoms with Crippen LogP contribution in [-0.4, -0.2) is 19.3 Å². The third kappa shape index (κ3) is 2.10. The number of rotatable bonds is 4. The quantitative estimate of drug-likeness (QED) is 0.776. The number of aliphatic hydroxyl groups is 1. The molecule has 1 unspecified atom stereocenters. The third-order valence-corrected chi connectivity index (χ3v) is 2.05. The van der Waals surface area contributed by atoms with Crippen molar-refractivity contribution in [2.45, 2.75) is 6.10 Å². The minimum Gasteiger partial charge on any atom is -0.496 e. The molecule has 4 heteroatoms. The Morgan fingerprint density at radius 3 is 2.53 bits per heavy atom. The maximum absolute atomic E-state index is 13.3. The van der Waals surface area contributed by atoms with Crippen molar-refractivity contribution in [2.75, 3.05) is 14.2 Å². The summed E-state index contributed by atoms with van der Waals surface area (Å²) in [7, 11) is 2.77. The molecule has 3 nitrogen and oxygen atoms in total. The number of hydrogen-bond donors (Lipinski definition) is 1. The largest absolute Gasteiger partial charge is 0.496 e. The maximum atomic E-state index is 13.3. The molecule has 1 N–H and O–H groups in total. The second-order valence-electron chi connectivity index (χ2n) is 2.88. The highest BCUT2D eigenvalue weighted by Gasteiger charge is 2.19. The van der Waals surface area contributed by atoms with E-state index in [9.17, 15) is 9.50 Å². The molecule has 0 aromatic heterocycles. The lowest BCUT2D eigenvalue weighted by atomic mass is 10.1. The fourth-order valence-corrected chi connectivity index (χ4v) is 1.34. The Balaban J connectivity index is 3.39. The fraction of sp³-hybridized carbons (Fsp3) is 0.273. The molecule has 1 aromatic carbocycles. The molecule has 0 aliphatic carbocycles. The number of ether oxygens (including phenoxy) is 2. The molecule has 82 valence electrons. The number of hydrogen-bond acceptors (Lipinski definition) is 3. The topological polar surface area (TPSA) is 38.7 Å². The van der Waals surface area contributed by atoms with Crippen molar-refractivity contribution >= 4 is 0 Å². The van der Waals surface area contributed by atoms with Gasteiger partial charge >= 0.3 is 0 Å². The Kier molecular flexibility index (Phi) is 3.68. The van der Waals surface area contributed by atoms with Gasteiger partial charge in [0.15, 0.2) is 11.6 Å². The molecule has 0 saturated heterocycles. The van der Waals surface area contributed by atoms with E-state index in [1.54, 1.807) is 0 Å². The minimum absolute atomic E-state index is 0.0262. The van der Waals surface area contributed by atoms with E-state index >= 15 is 0 Å². The van der Waals surface area contributed by atoms with Gasteiger partial charge in [-0.1, -0.05) is 6.08 Å². The van der Waals surface area contributed by atoms with Crippen LogP contribution in [-0.2, 0) is 0 Å². The van der Waals surface area contributed by atoms with Crippen molar-refractivity contribution in [2.24, 2.45) is 0 Å². The summed E-state index contributed by atoms with van der Waals surface area (Å²) in [4.78, 5) is 0. The van der Waals surface area contributed by atoms with Crippen LogP contribution in [0.5, 0.6) is 11.5 Å². The summed E-state index contributed by atoms with van der Waals surface area (Å²) in [5.41, 5.74) is 0.245. The molecule has 0 aliphatic heterocycles. The molecular formula is C11H13FO3. The van der Waals surface area contributed by atoms with E-state index in [0.29, 0.717) is 5.75 Å². The van der Waals surface area contributed by atoms with Gasteiger partial charge in [0.25, 0.3) is 0 Å². The van der Waals surface area contributed by atoms with Gasteiger partial charge in [-0.05, 0) is 12.1 Å². The highest BCUT2D eigenvalue weighted by molar-refractivity contribution is 5.48. The van der Waals surface area contributed by atoms with Crippen molar-refractivity contribution < 1.29 is 19.0 Å². The lowest BCUT2D eigenvalue weighted by molar-refractivity contribution is 0.215. The molecule has 1 aromatic rings. The van der Waals surface area contributed by atoms with E-state index in [1.165, 1.54) is 32.4 Å². The molecule has 0 amide bonds. The Labute approximate surface area is 87.8 Å². The first-order valence-electron chi connectivity index (χ1n) is 4.36. The first-order chi connectivity index (χ1) is 7.15. The van der Waals surface area contributed by atoms with E-state index < -0.39 is 11.9 Å². The predicted octanol–water partition coefficient (Wildman–Crippen LogP) is 2.06. The van der Waals surface area contributed by atoms with Gasteiger partial charge in [0.05, 0.1) is 19.8 Å². The van der Waals surface area contributed by atoms with E-state index in [2.05, 4.69) is 6.58 Å². The standard InChI is InChI=1S/C11H13FO3/c1-4-8(13)10-9(14-2)6-5-7(12)11(10)15-3/h4-6,8,13H,1H2,2-3H3. The van der Waals surface area contributed by atoms with Crippen LogP contribution in [0, 0.1) is 5.82 Å². The Morgan fingerprint density at radius 1 is 1.40 bits per heavy atom. The van der Waals surface area contributed by atoms with Crippen LogP contribution >= 0.6 is 0 Å². The highest BCUT2D eigenvalue weighted by atomic mass is 19.1. The maximum Gasteiger partial charge on any atom is 0.165 e. The normalized spacial score (nSPS) is 12.0. The minimum atomic E-state index is -1.02. The molecule has 0 bridgehead atoms. The molecule has 0 spiro atoms. The Hall–Kier alpha value is -1.55. The summed E-state index contributed by atoms with van der Waals surface area (Å²) >= 11 is 0. The molecule has 1 atom stereocenters. The summed E-state index contributed by atoms with van der Waals surface area (Å²) in [5, 5.41) is 9.63. The lowest BCUT2D eigenvalue weighted by Crippen LogP contribution is -2.03. The monoisotopic (exact) mass is 212 g/mol. The Morgan fingerprint density at radius 2 is 2.07 bits per heavy atom. The van der Waals surface area contributed by atoms with Gasteiger partial charge < -0.3 is 14.6 Å². The van der Waals surface area contributed by atoms with Crippen LogP contribution in [0.4, 0.5) is 4.39 Å². The highest BCUT2D eigenvalue weighted by Crippen LogP contribution is 2.36. The van der Waals surface area contributed by atoms with Gasteiger partial charge in [-0.15, -0.1) is 6.58 Å². The van der Waals surface area contributed by atoms with Gasteiger partial charge in [-0.2, -0.15) is 0 Å². The molecule has 1 rings (SSSR count). The summed E-state index contributed by atoms with van der Waals surface area (Å²) < 4.78 is 23.2. The molecule has 0 saturated carbocycles. The first kappa shape index (κ1) is 11.5. The number of aliphatic hydroxyl groups excluding tert-OH is 1. The summed E-state index contributed by atoms with van der Waals surface area (Å²) in [6.07, 6.45) is 0.255. The predicted molar refractivity (Wildman–Crippen MR) is 54.7 cm³/mol. The number of benzene rings is 1. The van der Waals surface area contributed by atoms with Crippen molar-refractivity contribution in [1.82, 2.24) is 0 Å². The second kappa shape index (κ2) is 4.79. The van der Waals surface area contributed by atoms with Gasteiger partial charge in [-0.3, -0.25) is 0 Å². The molecular weight excluding hydrogens is 199 g/mol. The zero-order chi connectivity index (χ0) is 11.4. The number of halogens is 1. The van der Waals surface area contributed by atoms with Crippen molar-refractivity contribution in [3.05, 3.63) is 36.2 Å². The van der Waals surface area contributed by atoms with E-state index in [0.717, 1.165) is 0 Å². The van der Waals surface area contributed by atoms with Crippen LogP contribution in [0.15, 0.2) is 24.8 Å². The Bertz CT molecular complexity index is 363. The van der Waals surface area contributed by atoms with Crippen molar-refractivity contribution in [3.8, 4) is 11.5 Å². The van der Waals surface area contributed by atoms with Gasteiger partial charge in [0.2, 0.25) is 0 Å². The average molecular weight is 212 g/mol. The van der Waals surface area contributed by atoms with Crippen LogP contribution < -0.4 is 9.47 Å². The van der Waals surface area contributed by atoms with Crippen LogP contribution in [0.3, 0.4) is 0 Å². The SMILES string of the molecule is C=CC(O)c1c(OC)ccc(F)c1OC. The van der Waals surface area contributed by atoms with E-state index in [4.69, 9.17) is 9.47 Å². The molecule has 0 fully saturated rings. The molecule has 0 radical (unpaired) electrons. The van der Waals surface area contributed by atoms with Gasteiger partial charge in [0, 0.05) is 0 Å². The first-order valence-corrected chi connectivity index (χ1v) is 4.36. The zero-order valence-corrected chi connectivity index (χ0v) is 8.66. The summed E-state index contributed by atoms with van der Waals surface area (Å²) in [6, 6.07) is 2.65. The van der Waals surface area contributed by atoms with E-state index in [1.807, 2.05) is 0 Å². The molecule has 0 aliphatic rings. The number of methoxy groups -OCH3 is 2. The summed E-state index contributed by atoms with van der Waals surface area (Å²) in [6.45, 7) is 3.43. The van der Waals surface area contributed by atoms with Gasteiger partial charge in [0.1, 0.15) is 11.9 Å². The average Bonchev–Trinajstić information content (AvgIpc) is 2.27. The smallest absolute Gasteiger partial charge is 0.165 e. The lowest BCUT2D eigenvalue weighted by Gasteiger charge is -2.15. The molecule has 0 heterocycles. The van der Waals surface area contributed by atoms with Crippen molar-refractivity contribution in [1.29, 1.82) is 0 Å². The fourth-order valence-electron chi connectivity index (χ4n) is 1.34. The van der Waals surface area contributed by atoms with Crippen LogP contribution in [0.25, 0.3) is 0 Å². The van der Waals surface area contributed by atoms with Crippen molar-refractivity contribution in [3.63, 3.8) is 0 Å². The third-order valence-electron chi connectivity index (χ3n) is 2.05. The van der Waals surface area contributed by atoms with E-state index in [-0.39, 0.29) is 11.3 Å². The van der Waals surface area contributed by atoms with Crippen LogP contribution in [0.1, 0.15) is 11.7 Å². The zero-order valence-electron chi connectivity index (χ0n) is 8.66. The summed E-state index contributed by atoms with van der Waals surface area (Å²) in [5.74, 6) is -0.211.